The summed E-state index contributed by atoms with van der Waals surface area (Å²) in [7, 11) is 0. The van der Waals surface area contributed by atoms with Crippen LogP contribution in [-0.4, -0.2) is 43.6 Å². The fraction of sp³-hybridized carbons (Fsp3) is 0.273. The molecule has 0 spiro atoms. The lowest BCUT2D eigenvalue weighted by molar-refractivity contribution is -0.126. The van der Waals surface area contributed by atoms with Crippen molar-refractivity contribution in [1.29, 1.82) is 5.26 Å². The Hall–Kier alpha value is -2.78. The molecule has 0 radical (unpaired) electrons. The highest BCUT2D eigenvalue weighted by molar-refractivity contribution is 9.10. The van der Waals surface area contributed by atoms with Crippen LogP contribution in [0.5, 0.6) is 5.75 Å². The average molecular weight is 440 g/mol. The fourth-order valence-electron chi connectivity index (χ4n) is 3.19. The molecule has 1 aliphatic rings. The molecule has 1 fully saturated rings. The Morgan fingerprint density at radius 1 is 1.18 bits per heavy atom. The zero-order chi connectivity index (χ0) is 19.9. The van der Waals surface area contributed by atoms with Gasteiger partial charge in [0.05, 0.1) is 6.61 Å². The number of para-hydroxylation sites is 1. The fourth-order valence-corrected chi connectivity index (χ4v) is 3.57. The standard InChI is InChI=1S/C22H22BrN3O2/c1-2-28-21-9-8-19(23)15-17(21)14-18(16-24)22(27)26-12-10-25(11-13-26)20-6-4-3-5-7-20/h3-9,14-15H,2,10-13H2,1H3/b18-14-. The molecule has 1 amide bonds. The number of carbonyl (C=O) groups is 1. The Morgan fingerprint density at radius 3 is 2.54 bits per heavy atom. The summed E-state index contributed by atoms with van der Waals surface area (Å²) in [5.41, 5.74) is 1.98. The largest absolute Gasteiger partial charge is 0.493 e. The highest BCUT2D eigenvalue weighted by atomic mass is 79.9. The van der Waals surface area contributed by atoms with Gasteiger partial charge in [0.1, 0.15) is 17.4 Å². The van der Waals surface area contributed by atoms with Crippen molar-refractivity contribution in [3.05, 3.63) is 64.1 Å². The molecule has 1 saturated heterocycles. The van der Waals surface area contributed by atoms with E-state index in [9.17, 15) is 10.1 Å². The number of carbonyl (C=O) groups excluding carboxylic acids is 1. The number of hydrogen-bond donors (Lipinski definition) is 0. The second-order valence-corrected chi connectivity index (χ2v) is 7.32. The highest BCUT2D eigenvalue weighted by Crippen LogP contribution is 2.26. The second-order valence-electron chi connectivity index (χ2n) is 6.40. The Kier molecular flexibility index (Phi) is 6.72. The molecule has 0 unspecified atom stereocenters. The number of nitriles is 1. The number of nitrogens with zero attached hydrogens (tertiary/aromatic N) is 3. The zero-order valence-electron chi connectivity index (χ0n) is 15.8. The Bertz CT molecular complexity index is 898. The molecule has 0 N–H and O–H groups in total. The average Bonchev–Trinajstić information content (AvgIpc) is 2.74. The molecule has 0 saturated carbocycles. The van der Waals surface area contributed by atoms with Crippen molar-refractivity contribution in [1.82, 2.24) is 4.90 Å². The van der Waals surface area contributed by atoms with Crippen LogP contribution < -0.4 is 9.64 Å². The van der Waals surface area contributed by atoms with E-state index in [4.69, 9.17) is 4.74 Å². The van der Waals surface area contributed by atoms with Crippen LogP contribution >= 0.6 is 15.9 Å². The minimum absolute atomic E-state index is 0.118. The number of halogens is 1. The molecular weight excluding hydrogens is 418 g/mol. The topological polar surface area (TPSA) is 56.6 Å². The van der Waals surface area contributed by atoms with Gasteiger partial charge in [-0.2, -0.15) is 5.26 Å². The Morgan fingerprint density at radius 2 is 1.89 bits per heavy atom. The van der Waals surface area contributed by atoms with E-state index in [2.05, 4.69) is 39.0 Å². The maximum atomic E-state index is 12.9. The number of amides is 1. The van der Waals surface area contributed by atoms with Gasteiger partial charge in [0.2, 0.25) is 0 Å². The van der Waals surface area contributed by atoms with Gasteiger partial charge < -0.3 is 14.5 Å². The number of hydrogen-bond acceptors (Lipinski definition) is 4. The van der Waals surface area contributed by atoms with Crippen molar-refractivity contribution in [2.45, 2.75) is 6.92 Å². The molecule has 2 aromatic carbocycles. The van der Waals surface area contributed by atoms with Crippen molar-refractivity contribution < 1.29 is 9.53 Å². The first-order valence-corrected chi connectivity index (χ1v) is 10.0. The smallest absolute Gasteiger partial charge is 0.264 e. The number of ether oxygens (including phenoxy) is 1. The molecule has 3 rings (SSSR count). The second kappa shape index (κ2) is 9.43. The Labute approximate surface area is 173 Å². The van der Waals surface area contributed by atoms with Crippen molar-refractivity contribution in [3.8, 4) is 11.8 Å². The summed E-state index contributed by atoms with van der Waals surface area (Å²) in [6, 6.07) is 17.8. The van der Waals surface area contributed by atoms with Gasteiger partial charge in [0, 0.05) is 41.9 Å². The Balaban J connectivity index is 1.74. The van der Waals surface area contributed by atoms with Gasteiger partial charge in [-0.3, -0.25) is 4.79 Å². The highest BCUT2D eigenvalue weighted by Gasteiger charge is 2.24. The van der Waals surface area contributed by atoms with E-state index < -0.39 is 0 Å². The maximum Gasteiger partial charge on any atom is 0.264 e. The van der Waals surface area contributed by atoms with Crippen LogP contribution in [0.3, 0.4) is 0 Å². The third-order valence-corrected chi connectivity index (χ3v) is 5.10. The van der Waals surface area contributed by atoms with Crippen molar-refractivity contribution in [3.63, 3.8) is 0 Å². The van der Waals surface area contributed by atoms with E-state index in [0.717, 1.165) is 23.2 Å². The molecule has 0 bridgehead atoms. The lowest BCUT2D eigenvalue weighted by atomic mass is 10.1. The van der Waals surface area contributed by atoms with Gasteiger partial charge in [0.15, 0.2) is 0 Å². The van der Waals surface area contributed by atoms with E-state index in [1.807, 2.05) is 43.3 Å². The number of benzene rings is 2. The van der Waals surface area contributed by atoms with Crippen LogP contribution in [0.25, 0.3) is 6.08 Å². The molecular formula is C22H22BrN3O2. The first kappa shape index (κ1) is 20.0. The van der Waals surface area contributed by atoms with Gasteiger partial charge in [-0.25, -0.2) is 0 Å². The van der Waals surface area contributed by atoms with Gasteiger partial charge in [-0.15, -0.1) is 0 Å². The third-order valence-electron chi connectivity index (χ3n) is 4.61. The third kappa shape index (κ3) is 4.73. The molecule has 28 heavy (non-hydrogen) atoms. The van der Waals surface area contributed by atoms with Crippen LogP contribution in [0.15, 0.2) is 58.6 Å². The lowest BCUT2D eigenvalue weighted by Crippen LogP contribution is -2.49. The van der Waals surface area contributed by atoms with Gasteiger partial charge in [-0.05, 0) is 43.3 Å². The predicted octanol–water partition coefficient (Wildman–Crippen LogP) is 4.10. The summed E-state index contributed by atoms with van der Waals surface area (Å²) in [6.07, 6.45) is 1.61. The van der Waals surface area contributed by atoms with Crippen LogP contribution in [-0.2, 0) is 4.79 Å². The molecule has 6 heteroatoms. The summed E-state index contributed by atoms with van der Waals surface area (Å²) < 4.78 is 6.48. The van der Waals surface area contributed by atoms with E-state index in [1.54, 1.807) is 11.0 Å². The van der Waals surface area contributed by atoms with Crippen LogP contribution in [0, 0.1) is 11.3 Å². The quantitative estimate of drug-likeness (QED) is 0.519. The normalized spacial score (nSPS) is 14.5. The van der Waals surface area contributed by atoms with Crippen LogP contribution in [0.2, 0.25) is 0 Å². The lowest BCUT2D eigenvalue weighted by Gasteiger charge is -2.36. The molecule has 1 heterocycles. The summed E-state index contributed by atoms with van der Waals surface area (Å²) in [5, 5.41) is 9.58. The first-order valence-electron chi connectivity index (χ1n) is 9.25. The zero-order valence-corrected chi connectivity index (χ0v) is 17.4. The summed E-state index contributed by atoms with van der Waals surface area (Å²) in [6.45, 7) is 5.08. The monoisotopic (exact) mass is 439 g/mol. The van der Waals surface area contributed by atoms with Crippen molar-refractivity contribution in [2.75, 3.05) is 37.7 Å². The molecule has 0 atom stereocenters. The van der Waals surface area contributed by atoms with Gasteiger partial charge in [0.25, 0.3) is 5.91 Å². The summed E-state index contributed by atoms with van der Waals surface area (Å²) >= 11 is 3.43. The molecule has 0 aromatic heterocycles. The maximum absolute atomic E-state index is 12.9. The van der Waals surface area contributed by atoms with E-state index >= 15 is 0 Å². The molecule has 5 nitrogen and oxygen atoms in total. The van der Waals surface area contributed by atoms with Gasteiger partial charge >= 0.3 is 0 Å². The van der Waals surface area contributed by atoms with E-state index in [-0.39, 0.29) is 11.5 Å². The van der Waals surface area contributed by atoms with E-state index in [0.29, 0.717) is 31.0 Å². The molecule has 2 aromatic rings. The first-order chi connectivity index (χ1) is 13.6. The number of piperazine rings is 1. The SMILES string of the molecule is CCOc1ccc(Br)cc1/C=C(/C#N)C(=O)N1CCN(c2ccccc2)CC1. The molecule has 1 aliphatic heterocycles. The number of anilines is 1. The minimum atomic E-state index is -0.238. The van der Waals surface area contributed by atoms with Crippen molar-refractivity contribution >= 4 is 33.6 Å². The van der Waals surface area contributed by atoms with Gasteiger partial charge in [-0.1, -0.05) is 34.1 Å². The van der Waals surface area contributed by atoms with E-state index in [1.165, 1.54) is 0 Å². The predicted molar refractivity (Wildman–Crippen MR) is 114 cm³/mol. The summed E-state index contributed by atoms with van der Waals surface area (Å²) in [4.78, 5) is 16.9. The minimum Gasteiger partial charge on any atom is -0.493 e. The van der Waals surface area contributed by atoms with Crippen molar-refractivity contribution in [2.24, 2.45) is 0 Å². The number of rotatable bonds is 5. The molecule has 0 aliphatic carbocycles. The summed E-state index contributed by atoms with van der Waals surface area (Å²) in [5.74, 6) is 0.415. The van der Waals surface area contributed by atoms with Crippen LogP contribution in [0.1, 0.15) is 12.5 Å². The molecule has 144 valence electrons. The van der Waals surface area contributed by atoms with Crippen LogP contribution in [0.4, 0.5) is 5.69 Å².